The Kier molecular flexibility index (Phi) is 4.27. The maximum Gasteiger partial charge on any atom is 0.0527 e. The summed E-state index contributed by atoms with van der Waals surface area (Å²) >= 11 is 0. The molecule has 1 fully saturated rings. The molecule has 2 nitrogen and oxygen atoms in total. The van der Waals surface area contributed by atoms with Gasteiger partial charge in [0, 0.05) is 19.0 Å². The molecule has 1 heterocycles. The predicted octanol–water partition coefficient (Wildman–Crippen LogP) is 1.25. The zero-order valence-electron chi connectivity index (χ0n) is 8.37. The molecule has 0 radical (unpaired) electrons. The van der Waals surface area contributed by atoms with Gasteiger partial charge in [-0.2, -0.15) is 0 Å². The Labute approximate surface area is 80.9 Å². The molecule has 1 N–H and O–H groups in total. The molecule has 0 aromatic carbocycles. The van der Waals surface area contributed by atoms with E-state index < -0.39 is 0 Å². The number of likely N-dealkylation sites (tertiary alicyclic amines) is 1. The van der Waals surface area contributed by atoms with E-state index in [1.54, 1.807) is 0 Å². The highest BCUT2D eigenvalue weighted by molar-refractivity contribution is 4.88. The minimum atomic E-state index is -0.184. The summed E-state index contributed by atoms with van der Waals surface area (Å²) in [5.74, 6) is 2.66. The molecule has 1 aliphatic heterocycles. The van der Waals surface area contributed by atoms with E-state index in [-0.39, 0.29) is 6.10 Å². The van der Waals surface area contributed by atoms with Crippen molar-refractivity contribution < 1.29 is 5.11 Å². The smallest absolute Gasteiger partial charge is 0.0527 e. The Balaban J connectivity index is 2.31. The lowest BCUT2D eigenvalue weighted by Gasteiger charge is -2.24. The van der Waals surface area contributed by atoms with Crippen LogP contribution in [0, 0.1) is 12.3 Å². The SMILES string of the molecule is C#CCCN1CCCC1CC(C)O. The first-order valence-electron chi connectivity index (χ1n) is 5.09. The molecule has 2 unspecified atom stereocenters. The summed E-state index contributed by atoms with van der Waals surface area (Å²) < 4.78 is 0. The normalized spacial score (nSPS) is 25.8. The van der Waals surface area contributed by atoms with Crippen molar-refractivity contribution in [2.45, 2.75) is 44.8 Å². The van der Waals surface area contributed by atoms with Crippen molar-refractivity contribution in [3.8, 4) is 12.3 Å². The Morgan fingerprint density at radius 2 is 2.46 bits per heavy atom. The van der Waals surface area contributed by atoms with Gasteiger partial charge >= 0.3 is 0 Å². The zero-order chi connectivity index (χ0) is 9.68. The van der Waals surface area contributed by atoms with Crippen LogP contribution in [-0.4, -0.2) is 35.2 Å². The van der Waals surface area contributed by atoms with Crippen LogP contribution in [-0.2, 0) is 0 Å². The molecule has 0 saturated carbocycles. The fourth-order valence-electron chi connectivity index (χ4n) is 2.06. The fourth-order valence-corrected chi connectivity index (χ4v) is 2.06. The van der Waals surface area contributed by atoms with Crippen molar-refractivity contribution in [2.75, 3.05) is 13.1 Å². The van der Waals surface area contributed by atoms with Crippen molar-refractivity contribution in [1.29, 1.82) is 0 Å². The third kappa shape index (κ3) is 3.38. The molecule has 2 atom stereocenters. The molecule has 0 amide bonds. The number of nitrogens with zero attached hydrogens (tertiary/aromatic N) is 1. The highest BCUT2D eigenvalue weighted by Crippen LogP contribution is 2.21. The molecular weight excluding hydrogens is 162 g/mol. The van der Waals surface area contributed by atoms with E-state index in [2.05, 4.69) is 10.8 Å². The van der Waals surface area contributed by atoms with E-state index >= 15 is 0 Å². The Bertz CT molecular complexity index is 183. The number of rotatable bonds is 4. The van der Waals surface area contributed by atoms with E-state index in [4.69, 9.17) is 6.42 Å². The van der Waals surface area contributed by atoms with E-state index in [9.17, 15) is 5.11 Å². The molecule has 0 aliphatic carbocycles. The van der Waals surface area contributed by atoms with Gasteiger partial charge in [0.15, 0.2) is 0 Å². The maximum absolute atomic E-state index is 9.29. The van der Waals surface area contributed by atoms with Crippen molar-refractivity contribution >= 4 is 0 Å². The van der Waals surface area contributed by atoms with Crippen LogP contribution in [0.4, 0.5) is 0 Å². The average molecular weight is 181 g/mol. The molecular formula is C11H19NO. The monoisotopic (exact) mass is 181 g/mol. The van der Waals surface area contributed by atoms with Gasteiger partial charge in [-0.15, -0.1) is 12.3 Å². The van der Waals surface area contributed by atoms with Crippen molar-refractivity contribution in [2.24, 2.45) is 0 Å². The first-order chi connectivity index (χ1) is 6.24. The highest BCUT2D eigenvalue weighted by atomic mass is 16.3. The number of terminal acetylenes is 1. The van der Waals surface area contributed by atoms with Gasteiger partial charge in [0.2, 0.25) is 0 Å². The second-order valence-corrected chi connectivity index (χ2v) is 3.87. The van der Waals surface area contributed by atoms with Gasteiger partial charge in [0.1, 0.15) is 0 Å². The zero-order valence-corrected chi connectivity index (χ0v) is 8.37. The maximum atomic E-state index is 9.29. The lowest BCUT2D eigenvalue weighted by atomic mass is 10.1. The first-order valence-corrected chi connectivity index (χ1v) is 5.09. The molecule has 1 saturated heterocycles. The van der Waals surface area contributed by atoms with Crippen LogP contribution in [0.2, 0.25) is 0 Å². The lowest BCUT2D eigenvalue weighted by molar-refractivity contribution is 0.135. The first kappa shape index (κ1) is 10.6. The average Bonchev–Trinajstić information content (AvgIpc) is 2.48. The highest BCUT2D eigenvalue weighted by Gasteiger charge is 2.24. The van der Waals surface area contributed by atoms with Crippen LogP contribution in [0.3, 0.4) is 0 Å². The van der Waals surface area contributed by atoms with E-state index in [0.717, 1.165) is 25.9 Å². The summed E-state index contributed by atoms with van der Waals surface area (Å²) in [5.41, 5.74) is 0. The molecule has 0 aromatic rings. The molecule has 0 aromatic heterocycles. The summed E-state index contributed by atoms with van der Waals surface area (Å²) in [6.07, 6.45) is 9.24. The summed E-state index contributed by atoms with van der Waals surface area (Å²) in [4.78, 5) is 2.41. The van der Waals surface area contributed by atoms with E-state index in [1.165, 1.54) is 12.8 Å². The van der Waals surface area contributed by atoms with Crippen LogP contribution < -0.4 is 0 Å². The third-order valence-corrected chi connectivity index (χ3v) is 2.66. The van der Waals surface area contributed by atoms with Gasteiger partial charge in [0.25, 0.3) is 0 Å². The summed E-state index contributed by atoms with van der Waals surface area (Å²) in [6.45, 7) is 4.00. The Morgan fingerprint density at radius 3 is 3.08 bits per heavy atom. The largest absolute Gasteiger partial charge is 0.393 e. The number of aliphatic hydroxyl groups is 1. The fraction of sp³-hybridized carbons (Fsp3) is 0.818. The number of hydrogen-bond acceptors (Lipinski definition) is 2. The van der Waals surface area contributed by atoms with Gasteiger partial charge in [-0.1, -0.05) is 0 Å². The number of aliphatic hydroxyl groups excluding tert-OH is 1. The summed E-state index contributed by atoms with van der Waals surface area (Å²) in [7, 11) is 0. The van der Waals surface area contributed by atoms with Crippen LogP contribution in [0.5, 0.6) is 0 Å². The minimum Gasteiger partial charge on any atom is -0.393 e. The van der Waals surface area contributed by atoms with Gasteiger partial charge in [-0.25, -0.2) is 0 Å². The van der Waals surface area contributed by atoms with Gasteiger partial charge < -0.3 is 5.11 Å². The van der Waals surface area contributed by atoms with Crippen molar-refractivity contribution in [3.63, 3.8) is 0 Å². The van der Waals surface area contributed by atoms with Crippen LogP contribution in [0.1, 0.15) is 32.6 Å². The van der Waals surface area contributed by atoms with Gasteiger partial charge in [-0.3, -0.25) is 4.90 Å². The van der Waals surface area contributed by atoms with E-state index in [1.807, 2.05) is 6.92 Å². The third-order valence-electron chi connectivity index (χ3n) is 2.66. The second kappa shape index (κ2) is 5.26. The standard InChI is InChI=1S/C11H19NO/c1-3-4-7-12-8-5-6-11(12)9-10(2)13/h1,10-11,13H,4-9H2,2H3. The minimum absolute atomic E-state index is 0.184. The molecule has 0 bridgehead atoms. The quantitative estimate of drug-likeness (QED) is 0.660. The van der Waals surface area contributed by atoms with Crippen molar-refractivity contribution in [3.05, 3.63) is 0 Å². The molecule has 1 aliphatic rings. The molecule has 0 spiro atoms. The van der Waals surface area contributed by atoms with Crippen molar-refractivity contribution in [1.82, 2.24) is 4.90 Å². The number of hydrogen-bond donors (Lipinski definition) is 1. The topological polar surface area (TPSA) is 23.5 Å². The van der Waals surface area contributed by atoms with Crippen LogP contribution in [0.25, 0.3) is 0 Å². The summed E-state index contributed by atoms with van der Waals surface area (Å²) in [6, 6.07) is 0.563. The van der Waals surface area contributed by atoms with Gasteiger partial charge in [-0.05, 0) is 32.7 Å². The second-order valence-electron chi connectivity index (χ2n) is 3.87. The van der Waals surface area contributed by atoms with Gasteiger partial charge in [0.05, 0.1) is 6.10 Å². The van der Waals surface area contributed by atoms with Crippen LogP contribution in [0.15, 0.2) is 0 Å². The molecule has 2 heteroatoms. The summed E-state index contributed by atoms with van der Waals surface area (Å²) in [5, 5.41) is 9.29. The Morgan fingerprint density at radius 1 is 1.69 bits per heavy atom. The van der Waals surface area contributed by atoms with E-state index in [0.29, 0.717) is 6.04 Å². The lowest BCUT2D eigenvalue weighted by Crippen LogP contribution is -2.32. The molecule has 74 valence electrons. The molecule has 1 rings (SSSR count). The van der Waals surface area contributed by atoms with Crippen LogP contribution >= 0.6 is 0 Å². The molecule has 13 heavy (non-hydrogen) atoms. The predicted molar refractivity (Wildman–Crippen MR) is 54.3 cm³/mol. The Hall–Kier alpha value is -0.520.